The van der Waals surface area contributed by atoms with Crippen molar-refractivity contribution in [3.8, 4) is 5.75 Å². The number of carbonyl (C=O) groups excluding carboxylic acids is 1. The summed E-state index contributed by atoms with van der Waals surface area (Å²) in [6, 6.07) is 7.78. The summed E-state index contributed by atoms with van der Waals surface area (Å²) in [5.74, 6) is 0.723. The zero-order chi connectivity index (χ0) is 12.5. The van der Waals surface area contributed by atoms with Crippen molar-refractivity contribution in [3.05, 3.63) is 24.3 Å². The number of carbonyl (C=O) groups is 1. The van der Waals surface area contributed by atoms with Crippen LogP contribution in [0.5, 0.6) is 5.75 Å². The average molecular weight is 247 g/mol. The third-order valence-electron chi connectivity index (χ3n) is 3.79. The van der Waals surface area contributed by atoms with Gasteiger partial charge >= 0.3 is 6.09 Å². The van der Waals surface area contributed by atoms with E-state index in [0.29, 0.717) is 0 Å². The van der Waals surface area contributed by atoms with E-state index >= 15 is 0 Å². The van der Waals surface area contributed by atoms with Gasteiger partial charge in [0.25, 0.3) is 0 Å². The number of methoxy groups -OCH3 is 1. The van der Waals surface area contributed by atoms with Gasteiger partial charge in [0.05, 0.1) is 18.8 Å². The van der Waals surface area contributed by atoms with Gasteiger partial charge < -0.3 is 9.47 Å². The van der Waals surface area contributed by atoms with Gasteiger partial charge in [-0.15, -0.1) is 0 Å². The van der Waals surface area contributed by atoms with Crippen molar-refractivity contribution in [2.24, 2.45) is 0 Å². The summed E-state index contributed by atoms with van der Waals surface area (Å²) in [4.78, 5) is 13.8. The molecule has 3 rings (SSSR count). The first-order valence-corrected chi connectivity index (χ1v) is 6.44. The molecule has 96 valence electrons. The van der Waals surface area contributed by atoms with Gasteiger partial charge in [0.1, 0.15) is 11.9 Å². The molecule has 1 aliphatic carbocycles. The van der Waals surface area contributed by atoms with Crippen molar-refractivity contribution < 1.29 is 14.3 Å². The van der Waals surface area contributed by atoms with E-state index in [9.17, 15) is 4.79 Å². The SMILES string of the molecule is COc1ccccc1N1C(=O)O[C@@H]2CCCC[C@@H]21. The Labute approximate surface area is 106 Å². The van der Waals surface area contributed by atoms with E-state index in [-0.39, 0.29) is 18.2 Å². The van der Waals surface area contributed by atoms with Crippen LogP contribution < -0.4 is 9.64 Å². The van der Waals surface area contributed by atoms with E-state index in [1.54, 1.807) is 12.0 Å². The molecule has 0 N–H and O–H groups in total. The van der Waals surface area contributed by atoms with Crippen LogP contribution in [0.2, 0.25) is 0 Å². The van der Waals surface area contributed by atoms with Crippen LogP contribution in [0.4, 0.5) is 10.5 Å². The number of ether oxygens (including phenoxy) is 2. The standard InChI is InChI=1S/C14H17NO3/c1-17-12-8-4-2-6-10(12)15-11-7-3-5-9-13(11)18-14(15)16/h2,4,6,8,11,13H,3,5,7,9H2,1H3/t11-,13+/m0/s1. The second-order valence-electron chi connectivity index (χ2n) is 4.82. The monoisotopic (exact) mass is 247 g/mol. The molecule has 1 saturated carbocycles. The lowest BCUT2D eigenvalue weighted by molar-refractivity contribution is 0.113. The second kappa shape index (κ2) is 4.52. The average Bonchev–Trinajstić information content (AvgIpc) is 2.74. The molecule has 4 heteroatoms. The highest BCUT2D eigenvalue weighted by molar-refractivity contribution is 5.92. The Balaban J connectivity index is 1.97. The zero-order valence-electron chi connectivity index (χ0n) is 10.5. The van der Waals surface area contributed by atoms with Crippen molar-refractivity contribution in [1.82, 2.24) is 0 Å². The van der Waals surface area contributed by atoms with E-state index in [0.717, 1.165) is 37.1 Å². The van der Waals surface area contributed by atoms with Gasteiger partial charge in [0.2, 0.25) is 0 Å². The van der Waals surface area contributed by atoms with Gasteiger partial charge in [0.15, 0.2) is 0 Å². The smallest absolute Gasteiger partial charge is 0.415 e. The van der Waals surface area contributed by atoms with Crippen LogP contribution in [0, 0.1) is 0 Å². The van der Waals surface area contributed by atoms with Crippen LogP contribution >= 0.6 is 0 Å². The van der Waals surface area contributed by atoms with Crippen LogP contribution in [0.3, 0.4) is 0 Å². The van der Waals surface area contributed by atoms with Gasteiger partial charge in [-0.2, -0.15) is 0 Å². The Morgan fingerprint density at radius 2 is 2.06 bits per heavy atom. The molecule has 0 bridgehead atoms. The van der Waals surface area contributed by atoms with Crippen LogP contribution in [-0.4, -0.2) is 25.3 Å². The van der Waals surface area contributed by atoms with Crippen molar-refractivity contribution in [3.63, 3.8) is 0 Å². The number of fused-ring (bicyclic) bond motifs is 1. The third kappa shape index (κ3) is 1.72. The van der Waals surface area contributed by atoms with Gasteiger partial charge in [-0.25, -0.2) is 4.79 Å². The fourth-order valence-corrected chi connectivity index (χ4v) is 2.94. The summed E-state index contributed by atoms with van der Waals surface area (Å²) >= 11 is 0. The fraction of sp³-hybridized carbons (Fsp3) is 0.500. The molecule has 0 aromatic heterocycles. The van der Waals surface area contributed by atoms with Gasteiger partial charge in [-0.05, 0) is 31.4 Å². The number of para-hydroxylation sites is 2. The maximum absolute atomic E-state index is 12.1. The van der Waals surface area contributed by atoms with E-state index < -0.39 is 0 Å². The summed E-state index contributed by atoms with van der Waals surface area (Å²) in [6.07, 6.45) is 4.10. The Morgan fingerprint density at radius 3 is 2.89 bits per heavy atom. The maximum atomic E-state index is 12.1. The predicted octanol–water partition coefficient (Wildman–Crippen LogP) is 2.96. The summed E-state index contributed by atoms with van der Waals surface area (Å²) in [5.41, 5.74) is 0.819. The first-order valence-electron chi connectivity index (χ1n) is 6.44. The topological polar surface area (TPSA) is 38.8 Å². The van der Waals surface area contributed by atoms with Crippen molar-refractivity contribution >= 4 is 11.8 Å². The highest BCUT2D eigenvalue weighted by Gasteiger charge is 2.44. The van der Waals surface area contributed by atoms with Crippen LogP contribution in [0.1, 0.15) is 25.7 Å². The van der Waals surface area contributed by atoms with E-state index in [1.165, 1.54) is 0 Å². The molecule has 0 unspecified atom stereocenters. The summed E-state index contributed by atoms with van der Waals surface area (Å²) in [7, 11) is 1.62. The molecular formula is C14H17NO3. The number of hydrogen-bond acceptors (Lipinski definition) is 3. The normalized spacial score (nSPS) is 26.7. The van der Waals surface area contributed by atoms with E-state index in [2.05, 4.69) is 0 Å². The van der Waals surface area contributed by atoms with Crippen LogP contribution in [0.25, 0.3) is 0 Å². The molecule has 1 aromatic rings. The minimum Gasteiger partial charge on any atom is -0.495 e. The Morgan fingerprint density at radius 1 is 1.28 bits per heavy atom. The third-order valence-corrected chi connectivity index (χ3v) is 3.79. The molecule has 0 radical (unpaired) electrons. The molecule has 1 aromatic carbocycles. The van der Waals surface area contributed by atoms with Gasteiger partial charge in [-0.1, -0.05) is 18.6 Å². The van der Waals surface area contributed by atoms with Gasteiger partial charge in [-0.3, -0.25) is 4.90 Å². The Bertz CT molecular complexity index is 460. The van der Waals surface area contributed by atoms with Crippen molar-refractivity contribution in [1.29, 1.82) is 0 Å². The Hall–Kier alpha value is -1.71. The molecule has 2 atom stereocenters. The van der Waals surface area contributed by atoms with Crippen LogP contribution in [-0.2, 0) is 4.74 Å². The minimum absolute atomic E-state index is 0.0520. The number of anilines is 1. The minimum atomic E-state index is -0.239. The molecule has 1 amide bonds. The first-order chi connectivity index (χ1) is 8.81. The second-order valence-corrected chi connectivity index (χ2v) is 4.82. The number of hydrogen-bond donors (Lipinski definition) is 0. The zero-order valence-corrected chi connectivity index (χ0v) is 10.5. The number of rotatable bonds is 2. The van der Waals surface area contributed by atoms with E-state index in [1.807, 2.05) is 24.3 Å². The summed E-state index contributed by atoms with van der Waals surface area (Å²) in [5, 5.41) is 0. The molecule has 1 saturated heterocycles. The quantitative estimate of drug-likeness (QED) is 0.806. The number of amides is 1. The molecule has 18 heavy (non-hydrogen) atoms. The first kappa shape index (κ1) is 11.4. The maximum Gasteiger partial charge on any atom is 0.415 e. The van der Waals surface area contributed by atoms with Crippen LogP contribution in [0.15, 0.2) is 24.3 Å². The lowest BCUT2D eigenvalue weighted by atomic mass is 9.92. The molecule has 4 nitrogen and oxygen atoms in total. The fourth-order valence-electron chi connectivity index (χ4n) is 2.94. The van der Waals surface area contributed by atoms with Gasteiger partial charge in [0, 0.05) is 0 Å². The summed E-state index contributed by atoms with van der Waals surface area (Å²) < 4.78 is 10.8. The molecule has 1 heterocycles. The summed E-state index contributed by atoms with van der Waals surface area (Å²) in [6.45, 7) is 0. The molecule has 0 spiro atoms. The molecule has 2 fully saturated rings. The molecule has 2 aliphatic rings. The highest BCUT2D eigenvalue weighted by Crippen LogP contribution is 2.39. The molecular weight excluding hydrogens is 230 g/mol. The lowest BCUT2D eigenvalue weighted by Crippen LogP contribution is -2.38. The van der Waals surface area contributed by atoms with Crippen molar-refractivity contribution in [2.45, 2.75) is 37.8 Å². The largest absolute Gasteiger partial charge is 0.495 e. The van der Waals surface area contributed by atoms with Crippen molar-refractivity contribution in [2.75, 3.05) is 12.0 Å². The molecule has 1 aliphatic heterocycles. The Kier molecular flexibility index (Phi) is 2.86. The lowest BCUT2D eigenvalue weighted by Gasteiger charge is -2.28. The number of benzene rings is 1. The highest BCUT2D eigenvalue weighted by atomic mass is 16.6. The predicted molar refractivity (Wildman–Crippen MR) is 68.0 cm³/mol. The van der Waals surface area contributed by atoms with E-state index in [4.69, 9.17) is 9.47 Å². The number of nitrogens with zero attached hydrogens (tertiary/aromatic N) is 1.